The molecule has 0 bridgehead atoms. The van der Waals surface area contributed by atoms with Gasteiger partial charge >= 0.3 is 0 Å². The van der Waals surface area contributed by atoms with Crippen molar-refractivity contribution in [3.8, 4) is 0 Å². The smallest absolute Gasteiger partial charge is 0.191 e. The summed E-state index contributed by atoms with van der Waals surface area (Å²) >= 11 is 0. The number of likely N-dealkylation sites (tertiary alicyclic amines) is 1. The van der Waals surface area contributed by atoms with Gasteiger partial charge in [-0.1, -0.05) is 13.8 Å². The fourth-order valence-corrected chi connectivity index (χ4v) is 3.97. The first-order valence-electron chi connectivity index (χ1n) is 10.7. The lowest BCUT2D eigenvalue weighted by molar-refractivity contribution is 0.109. The number of aliphatic imine (C=N–C) groups is 1. The molecule has 7 heteroatoms. The molecule has 2 fully saturated rings. The van der Waals surface area contributed by atoms with Crippen molar-refractivity contribution < 1.29 is 0 Å². The van der Waals surface area contributed by atoms with Crippen molar-refractivity contribution in [3.63, 3.8) is 0 Å². The van der Waals surface area contributed by atoms with Crippen LogP contribution in [0.25, 0.3) is 0 Å². The van der Waals surface area contributed by atoms with E-state index in [0.29, 0.717) is 24.0 Å². The van der Waals surface area contributed by atoms with Crippen molar-refractivity contribution in [1.29, 1.82) is 0 Å². The molecule has 0 spiro atoms. The number of nitrogens with one attached hydrogen (secondary N) is 2. The third-order valence-corrected chi connectivity index (χ3v) is 6.03. The Kier molecular flexibility index (Phi) is 11.5. The van der Waals surface area contributed by atoms with E-state index in [2.05, 4.69) is 66.9 Å². The molecule has 0 aromatic carbocycles. The van der Waals surface area contributed by atoms with Crippen LogP contribution in [0.2, 0.25) is 0 Å². The van der Waals surface area contributed by atoms with E-state index >= 15 is 0 Å². The zero-order chi connectivity index (χ0) is 19.1. The minimum absolute atomic E-state index is 0. The molecule has 0 aromatic heterocycles. The quantitative estimate of drug-likeness (QED) is 0.322. The van der Waals surface area contributed by atoms with Gasteiger partial charge in [0.25, 0.3) is 0 Å². The molecule has 2 N–H and O–H groups in total. The summed E-state index contributed by atoms with van der Waals surface area (Å²) in [5.41, 5.74) is 0. The van der Waals surface area contributed by atoms with Gasteiger partial charge < -0.3 is 15.5 Å². The molecule has 0 saturated carbocycles. The SMILES string of the molecule is CCNC(=NCC(C)N1CCN(CC)CC1)NC1CN(C(C)C)CC1C.I. The molecule has 0 radical (unpaired) electrons. The molecule has 160 valence electrons. The summed E-state index contributed by atoms with van der Waals surface area (Å²) in [7, 11) is 0. The minimum atomic E-state index is 0. The molecular weight excluding hydrogens is 451 g/mol. The number of guanidine groups is 1. The second-order valence-corrected chi connectivity index (χ2v) is 8.31. The first-order valence-corrected chi connectivity index (χ1v) is 10.7. The molecule has 2 aliphatic heterocycles. The number of piperazine rings is 1. The van der Waals surface area contributed by atoms with Gasteiger partial charge in [-0.15, -0.1) is 24.0 Å². The van der Waals surface area contributed by atoms with Gasteiger partial charge in [-0.3, -0.25) is 14.8 Å². The predicted molar refractivity (Wildman–Crippen MR) is 127 cm³/mol. The average Bonchev–Trinajstić information content (AvgIpc) is 3.00. The van der Waals surface area contributed by atoms with Gasteiger partial charge in [0.1, 0.15) is 0 Å². The first kappa shape index (κ1) is 24.9. The van der Waals surface area contributed by atoms with Gasteiger partial charge in [0.05, 0.1) is 6.54 Å². The Morgan fingerprint density at radius 3 is 2.22 bits per heavy atom. The Morgan fingerprint density at radius 2 is 1.70 bits per heavy atom. The molecule has 0 aliphatic carbocycles. The van der Waals surface area contributed by atoms with E-state index in [1.165, 1.54) is 26.2 Å². The summed E-state index contributed by atoms with van der Waals surface area (Å²) < 4.78 is 0. The van der Waals surface area contributed by atoms with Crippen molar-refractivity contribution in [2.45, 2.75) is 59.7 Å². The number of nitrogens with zero attached hydrogens (tertiary/aromatic N) is 4. The molecule has 2 heterocycles. The molecular formula is C20H43IN6. The Hall–Kier alpha value is -0.120. The molecule has 6 nitrogen and oxygen atoms in total. The molecule has 2 saturated heterocycles. The molecule has 2 rings (SSSR count). The highest BCUT2D eigenvalue weighted by Crippen LogP contribution is 2.18. The number of hydrogen-bond acceptors (Lipinski definition) is 4. The lowest BCUT2D eigenvalue weighted by Gasteiger charge is -2.37. The van der Waals surface area contributed by atoms with Gasteiger partial charge in [-0.25, -0.2) is 0 Å². The lowest BCUT2D eigenvalue weighted by atomic mass is 10.1. The summed E-state index contributed by atoms with van der Waals surface area (Å²) in [6, 6.07) is 1.60. The van der Waals surface area contributed by atoms with Crippen molar-refractivity contribution in [2.75, 3.05) is 58.9 Å². The summed E-state index contributed by atoms with van der Waals surface area (Å²) in [5.74, 6) is 1.63. The van der Waals surface area contributed by atoms with Crippen LogP contribution >= 0.6 is 24.0 Å². The summed E-state index contributed by atoms with van der Waals surface area (Å²) in [6.45, 7) is 23.5. The molecule has 3 atom stereocenters. The van der Waals surface area contributed by atoms with E-state index in [0.717, 1.165) is 38.7 Å². The van der Waals surface area contributed by atoms with Crippen LogP contribution in [0.15, 0.2) is 4.99 Å². The van der Waals surface area contributed by atoms with Crippen LogP contribution in [0.3, 0.4) is 0 Å². The molecule has 0 aromatic rings. The fourth-order valence-electron chi connectivity index (χ4n) is 3.97. The van der Waals surface area contributed by atoms with Crippen LogP contribution in [0.5, 0.6) is 0 Å². The highest BCUT2D eigenvalue weighted by Gasteiger charge is 2.31. The average molecular weight is 495 g/mol. The van der Waals surface area contributed by atoms with Gasteiger partial charge in [-0.2, -0.15) is 0 Å². The van der Waals surface area contributed by atoms with Crippen LogP contribution in [0, 0.1) is 5.92 Å². The topological polar surface area (TPSA) is 46.1 Å². The summed E-state index contributed by atoms with van der Waals surface area (Å²) in [5, 5.41) is 7.14. The maximum Gasteiger partial charge on any atom is 0.191 e. The fraction of sp³-hybridized carbons (Fsp3) is 0.950. The van der Waals surface area contributed by atoms with E-state index in [1.807, 2.05) is 0 Å². The number of likely N-dealkylation sites (N-methyl/N-ethyl adjacent to an activating group) is 1. The Labute approximate surface area is 184 Å². The standard InChI is InChI=1S/C20H42N6.HI/c1-7-21-20(23-19-15-26(16(3)4)14-17(19)5)22-13-18(6)25-11-9-24(8-2)10-12-25;/h16-19H,7-15H2,1-6H3,(H2,21,22,23);1H. The number of hydrogen-bond donors (Lipinski definition) is 2. The van der Waals surface area contributed by atoms with Crippen LogP contribution in [0.1, 0.15) is 41.5 Å². The lowest BCUT2D eigenvalue weighted by Crippen LogP contribution is -2.51. The maximum atomic E-state index is 4.92. The van der Waals surface area contributed by atoms with Crippen LogP contribution in [-0.4, -0.2) is 97.7 Å². The number of halogens is 1. The second-order valence-electron chi connectivity index (χ2n) is 8.31. The van der Waals surface area contributed by atoms with Crippen LogP contribution in [-0.2, 0) is 0 Å². The third-order valence-electron chi connectivity index (χ3n) is 6.03. The Balaban J connectivity index is 0.00000364. The zero-order valence-corrected chi connectivity index (χ0v) is 20.7. The summed E-state index contributed by atoms with van der Waals surface area (Å²) in [4.78, 5) is 12.6. The Bertz CT molecular complexity index is 436. The molecule has 27 heavy (non-hydrogen) atoms. The number of rotatable bonds is 7. The third kappa shape index (κ3) is 7.66. The minimum Gasteiger partial charge on any atom is -0.357 e. The first-order chi connectivity index (χ1) is 12.4. The van der Waals surface area contributed by atoms with E-state index < -0.39 is 0 Å². The van der Waals surface area contributed by atoms with Crippen molar-refractivity contribution in [2.24, 2.45) is 10.9 Å². The van der Waals surface area contributed by atoms with Gasteiger partial charge in [0, 0.05) is 63.9 Å². The van der Waals surface area contributed by atoms with Gasteiger partial charge in [-0.05, 0) is 40.2 Å². The predicted octanol–water partition coefficient (Wildman–Crippen LogP) is 1.91. The normalized spacial score (nSPS) is 26.9. The summed E-state index contributed by atoms with van der Waals surface area (Å²) in [6.07, 6.45) is 0. The molecule has 3 unspecified atom stereocenters. The van der Waals surface area contributed by atoms with Gasteiger partial charge in [0.2, 0.25) is 0 Å². The Morgan fingerprint density at radius 1 is 1.04 bits per heavy atom. The molecule has 2 aliphatic rings. The molecule has 0 amide bonds. The van der Waals surface area contributed by atoms with E-state index in [4.69, 9.17) is 4.99 Å². The maximum absolute atomic E-state index is 4.92. The largest absolute Gasteiger partial charge is 0.357 e. The second kappa shape index (κ2) is 12.4. The van der Waals surface area contributed by atoms with Crippen LogP contribution < -0.4 is 10.6 Å². The highest BCUT2D eigenvalue weighted by molar-refractivity contribution is 14.0. The monoisotopic (exact) mass is 494 g/mol. The van der Waals surface area contributed by atoms with Crippen LogP contribution in [0.4, 0.5) is 0 Å². The highest BCUT2D eigenvalue weighted by atomic mass is 127. The zero-order valence-electron chi connectivity index (χ0n) is 18.4. The van der Waals surface area contributed by atoms with Crippen molar-refractivity contribution >= 4 is 29.9 Å². The van der Waals surface area contributed by atoms with Crippen molar-refractivity contribution in [1.82, 2.24) is 25.3 Å². The van der Waals surface area contributed by atoms with Gasteiger partial charge in [0.15, 0.2) is 5.96 Å². The van der Waals surface area contributed by atoms with E-state index in [-0.39, 0.29) is 24.0 Å². The van der Waals surface area contributed by atoms with E-state index in [1.54, 1.807) is 0 Å². The van der Waals surface area contributed by atoms with Crippen molar-refractivity contribution in [3.05, 3.63) is 0 Å². The van der Waals surface area contributed by atoms with E-state index in [9.17, 15) is 0 Å².